The van der Waals surface area contributed by atoms with Crippen LogP contribution >= 0.6 is 0 Å². The fourth-order valence-corrected chi connectivity index (χ4v) is 3.48. The van der Waals surface area contributed by atoms with Crippen LogP contribution in [0.15, 0.2) is 47.0 Å². The van der Waals surface area contributed by atoms with E-state index in [0.717, 1.165) is 12.6 Å². The average molecular weight is 433 g/mol. The quantitative estimate of drug-likeness (QED) is 0.551. The highest BCUT2D eigenvalue weighted by atomic mass is 19.4. The molecule has 2 aromatic carbocycles. The first-order valence-electron chi connectivity index (χ1n) is 9.97. The SMILES string of the molecule is CCOc1ccc(-c2nc(-c3ccc(C(F)(F)F)c(O[C@@H]4CCN(C)C4)c3)no2)cc1. The molecule has 2 heterocycles. The van der Waals surface area contributed by atoms with Crippen LogP contribution in [0.1, 0.15) is 18.9 Å². The van der Waals surface area contributed by atoms with Gasteiger partial charge in [0.2, 0.25) is 5.82 Å². The van der Waals surface area contributed by atoms with E-state index < -0.39 is 11.7 Å². The Labute approximate surface area is 177 Å². The lowest BCUT2D eigenvalue weighted by Gasteiger charge is -2.18. The molecule has 164 valence electrons. The summed E-state index contributed by atoms with van der Waals surface area (Å²) in [5, 5.41) is 3.94. The summed E-state index contributed by atoms with van der Waals surface area (Å²) in [5.74, 6) is 0.939. The maximum Gasteiger partial charge on any atom is 0.419 e. The van der Waals surface area contributed by atoms with Gasteiger partial charge in [0.05, 0.1) is 12.2 Å². The van der Waals surface area contributed by atoms with Crippen LogP contribution in [0.2, 0.25) is 0 Å². The van der Waals surface area contributed by atoms with E-state index in [4.69, 9.17) is 14.0 Å². The van der Waals surface area contributed by atoms with Crippen LogP contribution < -0.4 is 9.47 Å². The number of likely N-dealkylation sites (tertiary alicyclic amines) is 1. The Morgan fingerprint density at radius 2 is 1.87 bits per heavy atom. The number of alkyl halides is 3. The van der Waals surface area contributed by atoms with Gasteiger partial charge in [-0.2, -0.15) is 18.2 Å². The summed E-state index contributed by atoms with van der Waals surface area (Å²) in [6.07, 6.45) is -4.16. The Balaban J connectivity index is 1.61. The van der Waals surface area contributed by atoms with Gasteiger partial charge in [-0.1, -0.05) is 11.2 Å². The zero-order valence-electron chi connectivity index (χ0n) is 17.1. The Hall–Kier alpha value is -3.07. The predicted molar refractivity (Wildman–Crippen MR) is 108 cm³/mol. The highest BCUT2D eigenvalue weighted by Crippen LogP contribution is 2.39. The van der Waals surface area contributed by atoms with Gasteiger partial charge in [-0.15, -0.1) is 0 Å². The number of likely N-dealkylation sites (N-methyl/N-ethyl adjacent to an activating group) is 1. The third-order valence-corrected chi connectivity index (χ3v) is 5.03. The van der Waals surface area contributed by atoms with Crippen LogP contribution in [-0.4, -0.2) is 47.9 Å². The van der Waals surface area contributed by atoms with Crippen molar-refractivity contribution in [1.29, 1.82) is 0 Å². The van der Waals surface area contributed by atoms with Crippen LogP contribution in [0.3, 0.4) is 0 Å². The van der Waals surface area contributed by atoms with E-state index in [9.17, 15) is 13.2 Å². The van der Waals surface area contributed by atoms with E-state index in [-0.39, 0.29) is 23.6 Å². The smallest absolute Gasteiger partial charge is 0.419 e. The van der Waals surface area contributed by atoms with Gasteiger partial charge in [-0.3, -0.25) is 0 Å². The maximum absolute atomic E-state index is 13.5. The number of ether oxygens (including phenoxy) is 2. The molecule has 1 saturated heterocycles. The van der Waals surface area contributed by atoms with Gasteiger partial charge in [0.25, 0.3) is 5.89 Å². The van der Waals surface area contributed by atoms with Crippen molar-refractivity contribution in [2.75, 3.05) is 26.7 Å². The molecule has 1 aliphatic rings. The molecule has 9 heteroatoms. The number of hydrogen-bond donors (Lipinski definition) is 0. The Kier molecular flexibility index (Phi) is 5.86. The summed E-state index contributed by atoms with van der Waals surface area (Å²) < 4.78 is 56.9. The topological polar surface area (TPSA) is 60.6 Å². The summed E-state index contributed by atoms with van der Waals surface area (Å²) in [5.41, 5.74) is 0.246. The molecule has 31 heavy (non-hydrogen) atoms. The molecule has 6 nitrogen and oxygen atoms in total. The van der Waals surface area contributed by atoms with Crippen molar-refractivity contribution < 1.29 is 27.2 Å². The largest absolute Gasteiger partial charge is 0.494 e. The van der Waals surface area contributed by atoms with Gasteiger partial charge < -0.3 is 18.9 Å². The predicted octanol–water partition coefficient (Wildman–Crippen LogP) is 4.90. The van der Waals surface area contributed by atoms with E-state index in [0.29, 0.717) is 36.4 Å². The molecule has 0 spiro atoms. The fourth-order valence-electron chi connectivity index (χ4n) is 3.48. The first kappa shape index (κ1) is 21.2. The monoisotopic (exact) mass is 433 g/mol. The van der Waals surface area contributed by atoms with E-state index >= 15 is 0 Å². The number of rotatable bonds is 6. The second-order valence-electron chi connectivity index (χ2n) is 7.38. The highest BCUT2D eigenvalue weighted by Gasteiger charge is 2.36. The van der Waals surface area contributed by atoms with E-state index in [2.05, 4.69) is 10.1 Å². The molecule has 1 aromatic heterocycles. The molecule has 0 unspecified atom stereocenters. The summed E-state index contributed by atoms with van der Waals surface area (Å²) in [6.45, 7) is 3.80. The molecule has 0 radical (unpaired) electrons. The molecule has 1 aliphatic heterocycles. The zero-order valence-corrected chi connectivity index (χ0v) is 17.1. The Bertz CT molecular complexity index is 1030. The minimum atomic E-state index is -4.52. The first-order chi connectivity index (χ1) is 14.8. The standard InChI is InChI=1S/C22H22F3N3O3/c1-3-29-16-7-4-14(5-8-16)21-26-20(27-31-21)15-6-9-18(22(23,24)25)19(12-15)30-17-10-11-28(2)13-17/h4-9,12,17H,3,10-11,13H2,1-2H3/t17-/m1/s1. The molecule has 0 amide bonds. The second kappa shape index (κ2) is 8.58. The highest BCUT2D eigenvalue weighted by molar-refractivity contribution is 5.63. The molecule has 0 bridgehead atoms. The number of aromatic nitrogens is 2. The van der Waals surface area contributed by atoms with Gasteiger partial charge in [0, 0.05) is 24.2 Å². The maximum atomic E-state index is 13.5. The number of nitrogens with zero attached hydrogens (tertiary/aromatic N) is 3. The Morgan fingerprint density at radius 1 is 1.13 bits per heavy atom. The molecule has 0 saturated carbocycles. The van der Waals surface area contributed by atoms with Gasteiger partial charge in [-0.05, 0) is 56.8 Å². The molecular weight excluding hydrogens is 411 g/mol. The van der Waals surface area contributed by atoms with E-state index in [1.54, 1.807) is 24.3 Å². The van der Waals surface area contributed by atoms with Gasteiger partial charge in [0.15, 0.2) is 0 Å². The van der Waals surface area contributed by atoms with Crippen LogP contribution in [0.25, 0.3) is 22.8 Å². The van der Waals surface area contributed by atoms with Crippen molar-refractivity contribution in [3.05, 3.63) is 48.0 Å². The first-order valence-corrected chi connectivity index (χ1v) is 9.97. The summed E-state index contributed by atoms with van der Waals surface area (Å²) in [7, 11) is 1.91. The third kappa shape index (κ3) is 4.82. The van der Waals surface area contributed by atoms with Crippen molar-refractivity contribution >= 4 is 0 Å². The van der Waals surface area contributed by atoms with Crippen LogP contribution in [0, 0.1) is 0 Å². The van der Waals surface area contributed by atoms with Crippen LogP contribution in [0.4, 0.5) is 13.2 Å². The molecule has 1 fully saturated rings. The normalized spacial score (nSPS) is 17.1. The van der Waals surface area contributed by atoms with E-state index in [1.807, 2.05) is 18.9 Å². The van der Waals surface area contributed by atoms with Crippen LogP contribution in [0.5, 0.6) is 11.5 Å². The zero-order chi connectivity index (χ0) is 22.0. The minimum Gasteiger partial charge on any atom is -0.494 e. The number of benzene rings is 2. The lowest BCUT2D eigenvalue weighted by molar-refractivity contribution is -0.139. The van der Waals surface area contributed by atoms with Gasteiger partial charge in [-0.25, -0.2) is 0 Å². The van der Waals surface area contributed by atoms with Crippen molar-refractivity contribution in [2.45, 2.75) is 25.6 Å². The molecular formula is C22H22F3N3O3. The molecule has 1 atom stereocenters. The number of halogens is 3. The van der Waals surface area contributed by atoms with E-state index in [1.165, 1.54) is 12.1 Å². The lowest BCUT2D eigenvalue weighted by atomic mass is 10.1. The Morgan fingerprint density at radius 3 is 2.52 bits per heavy atom. The van der Waals surface area contributed by atoms with Gasteiger partial charge in [0.1, 0.15) is 17.6 Å². The average Bonchev–Trinajstić information content (AvgIpc) is 3.37. The summed E-state index contributed by atoms with van der Waals surface area (Å²) in [6, 6.07) is 10.8. The molecule has 3 aromatic rings. The minimum absolute atomic E-state index is 0.186. The molecule has 0 aliphatic carbocycles. The summed E-state index contributed by atoms with van der Waals surface area (Å²) >= 11 is 0. The third-order valence-electron chi connectivity index (χ3n) is 5.03. The van der Waals surface area contributed by atoms with Crippen molar-refractivity contribution in [1.82, 2.24) is 15.0 Å². The van der Waals surface area contributed by atoms with Crippen molar-refractivity contribution in [3.8, 4) is 34.3 Å². The van der Waals surface area contributed by atoms with Crippen LogP contribution in [-0.2, 0) is 6.18 Å². The molecule has 0 N–H and O–H groups in total. The van der Waals surface area contributed by atoms with Crippen molar-refractivity contribution in [3.63, 3.8) is 0 Å². The summed E-state index contributed by atoms with van der Waals surface area (Å²) in [4.78, 5) is 6.36. The lowest BCUT2D eigenvalue weighted by Crippen LogP contribution is -2.22. The van der Waals surface area contributed by atoms with Crippen molar-refractivity contribution in [2.24, 2.45) is 0 Å². The number of hydrogen-bond acceptors (Lipinski definition) is 6. The second-order valence-corrected chi connectivity index (χ2v) is 7.38. The van der Waals surface area contributed by atoms with Gasteiger partial charge >= 0.3 is 6.18 Å². The molecule has 4 rings (SSSR count). The fraction of sp³-hybridized carbons (Fsp3) is 0.364.